The fraction of sp³-hybridized carbons (Fsp3) is 0.350. The number of benzene rings is 2. The molecule has 1 N–H and O–H groups in total. The molecule has 1 aliphatic heterocycles. The molecule has 0 radical (unpaired) electrons. The van der Waals surface area contributed by atoms with Gasteiger partial charge in [-0.1, -0.05) is 48.5 Å². The number of hydrogen-bond donors (Lipinski definition) is 1. The zero-order valence-electron chi connectivity index (χ0n) is 15.7. The third-order valence-electron chi connectivity index (χ3n) is 4.25. The Hall–Kier alpha value is -2.42. The summed E-state index contributed by atoms with van der Waals surface area (Å²) >= 11 is 0. The topological polar surface area (TPSA) is 90.9 Å². The van der Waals surface area contributed by atoms with E-state index in [1.54, 1.807) is 32.0 Å². The van der Waals surface area contributed by atoms with Gasteiger partial charge in [0.15, 0.2) is 11.2 Å². The maximum absolute atomic E-state index is 13.1. The lowest BCUT2D eigenvalue weighted by Crippen LogP contribution is -2.50. The number of sulfone groups is 1. The molecule has 0 aromatic heterocycles. The van der Waals surface area contributed by atoms with Gasteiger partial charge in [0.1, 0.15) is 12.7 Å². The maximum Gasteiger partial charge on any atom is 0.408 e. The molecule has 0 saturated carbocycles. The minimum Gasteiger partial charge on any atom is -0.445 e. The van der Waals surface area contributed by atoms with E-state index in [0.717, 1.165) is 5.56 Å². The summed E-state index contributed by atoms with van der Waals surface area (Å²) in [4.78, 5) is 12.4. The highest BCUT2D eigenvalue weighted by molar-refractivity contribution is 7.92. The molecule has 28 heavy (non-hydrogen) atoms. The summed E-state index contributed by atoms with van der Waals surface area (Å²) in [5.41, 5.74) is 0.793. The first kappa shape index (κ1) is 20.3. The Morgan fingerprint density at radius 1 is 1.14 bits per heavy atom. The number of amides is 1. The van der Waals surface area contributed by atoms with Crippen molar-refractivity contribution in [3.63, 3.8) is 0 Å². The number of carbonyl (C=O) groups excluding carboxylic acids is 1. The average Bonchev–Trinajstić information content (AvgIpc) is 3.05. The van der Waals surface area contributed by atoms with Crippen LogP contribution in [0.1, 0.15) is 19.4 Å². The summed E-state index contributed by atoms with van der Waals surface area (Å²) in [7, 11) is -3.93. The van der Waals surface area contributed by atoms with E-state index >= 15 is 0 Å². The van der Waals surface area contributed by atoms with E-state index in [1.165, 1.54) is 12.1 Å². The fourth-order valence-electron chi connectivity index (χ4n) is 2.87. The Labute approximate surface area is 164 Å². The van der Waals surface area contributed by atoms with Crippen molar-refractivity contribution in [2.45, 2.75) is 42.6 Å². The lowest BCUT2D eigenvalue weighted by molar-refractivity contribution is -0.139. The van der Waals surface area contributed by atoms with Gasteiger partial charge in [-0.2, -0.15) is 0 Å². The van der Waals surface area contributed by atoms with Gasteiger partial charge < -0.3 is 19.5 Å². The second-order valence-corrected chi connectivity index (χ2v) is 8.92. The zero-order valence-corrected chi connectivity index (χ0v) is 16.5. The molecule has 0 unspecified atom stereocenters. The summed E-state index contributed by atoms with van der Waals surface area (Å²) in [5, 5.41) is 1.10. The van der Waals surface area contributed by atoms with Crippen LogP contribution in [0.5, 0.6) is 0 Å². The first-order valence-corrected chi connectivity index (χ1v) is 10.4. The summed E-state index contributed by atoms with van der Waals surface area (Å²) in [5.74, 6) is -0.940. The van der Waals surface area contributed by atoms with Crippen LogP contribution in [0.2, 0.25) is 0 Å². The van der Waals surface area contributed by atoms with Crippen LogP contribution < -0.4 is 5.32 Å². The molecule has 2 aromatic rings. The van der Waals surface area contributed by atoms with E-state index in [2.05, 4.69) is 5.32 Å². The van der Waals surface area contributed by atoms with Gasteiger partial charge in [0.05, 0.1) is 11.5 Å². The highest BCUT2D eigenvalue weighted by atomic mass is 32.2. The van der Waals surface area contributed by atoms with Crippen molar-refractivity contribution in [1.82, 2.24) is 5.32 Å². The van der Waals surface area contributed by atoms with Gasteiger partial charge in [0.25, 0.3) is 0 Å². The Balaban J connectivity index is 1.77. The Bertz CT molecular complexity index is 899. The summed E-state index contributed by atoms with van der Waals surface area (Å²) in [6.07, 6.45) is -1.72. The molecule has 0 bridgehead atoms. The Morgan fingerprint density at radius 2 is 1.75 bits per heavy atom. The molecular weight excluding hydrogens is 382 g/mol. The van der Waals surface area contributed by atoms with Crippen molar-refractivity contribution < 1.29 is 27.4 Å². The van der Waals surface area contributed by atoms with E-state index in [1.807, 2.05) is 30.3 Å². The van der Waals surface area contributed by atoms with Crippen LogP contribution >= 0.6 is 0 Å². The van der Waals surface area contributed by atoms with Gasteiger partial charge in [0.2, 0.25) is 9.84 Å². The number of carbonyl (C=O) groups is 1. The molecule has 1 saturated heterocycles. The summed E-state index contributed by atoms with van der Waals surface area (Å²) in [6, 6.07) is 17.0. The molecule has 2 atom stereocenters. The molecule has 1 fully saturated rings. The van der Waals surface area contributed by atoms with Crippen molar-refractivity contribution in [3.8, 4) is 0 Å². The van der Waals surface area contributed by atoms with Crippen molar-refractivity contribution >= 4 is 15.9 Å². The number of rotatable bonds is 6. The molecule has 1 heterocycles. The van der Waals surface area contributed by atoms with Gasteiger partial charge in [-0.05, 0) is 31.5 Å². The van der Waals surface area contributed by atoms with Crippen LogP contribution in [0.25, 0.3) is 0 Å². The molecule has 7 nitrogen and oxygen atoms in total. The van der Waals surface area contributed by atoms with Gasteiger partial charge in [-0.25, -0.2) is 13.2 Å². The van der Waals surface area contributed by atoms with Crippen LogP contribution in [0.3, 0.4) is 0 Å². The highest BCUT2D eigenvalue weighted by Crippen LogP contribution is 2.28. The standard InChI is InChI=1S/C20H23NO6S/c1-20(2)26-14-17(27-20)18(28(23,24)16-11-7-4-8-12-16)21-19(22)25-13-15-9-5-3-6-10-15/h3-12,17-18H,13-14H2,1-2H3,(H,21,22)/t17-,18-/m1/s1. The highest BCUT2D eigenvalue weighted by Gasteiger charge is 2.44. The van der Waals surface area contributed by atoms with Crippen LogP contribution in [-0.2, 0) is 30.7 Å². The predicted octanol–water partition coefficient (Wildman–Crippen LogP) is 2.86. The van der Waals surface area contributed by atoms with E-state index in [4.69, 9.17) is 14.2 Å². The van der Waals surface area contributed by atoms with Crippen molar-refractivity contribution in [2.75, 3.05) is 6.61 Å². The lowest BCUT2D eigenvalue weighted by Gasteiger charge is -2.25. The van der Waals surface area contributed by atoms with E-state index in [9.17, 15) is 13.2 Å². The molecule has 0 spiro atoms. The Morgan fingerprint density at radius 3 is 2.32 bits per heavy atom. The number of nitrogens with one attached hydrogen (secondary N) is 1. The molecule has 1 aliphatic rings. The third kappa shape index (κ3) is 4.89. The first-order valence-electron chi connectivity index (χ1n) is 8.86. The quantitative estimate of drug-likeness (QED) is 0.795. The first-order chi connectivity index (χ1) is 13.3. The van der Waals surface area contributed by atoms with Crippen LogP contribution in [0.15, 0.2) is 65.6 Å². The predicted molar refractivity (Wildman–Crippen MR) is 102 cm³/mol. The largest absolute Gasteiger partial charge is 0.445 e. The van der Waals surface area contributed by atoms with Gasteiger partial charge >= 0.3 is 6.09 Å². The minimum absolute atomic E-state index is 0.0261. The van der Waals surface area contributed by atoms with E-state index < -0.39 is 33.2 Å². The molecule has 8 heteroatoms. The third-order valence-corrected chi connectivity index (χ3v) is 6.27. The monoisotopic (exact) mass is 405 g/mol. The smallest absolute Gasteiger partial charge is 0.408 e. The molecular formula is C20H23NO6S. The lowest BCUT2D eigenvalue weighted by atomic mass is 10.2. The van der Waals surface area contributed by atoms with Crippen LogP contribution in [-0.4, -0.2) is 38.4 Å². The number of alkyl carbamates (subject to hydrolysis) is 1. The van der Waals surface area contributed by atoms with Gasteiger partial charge in [-0.3, -0.25) is 0 Å². The molecule has 0 aliphatic carbocycles. The van der Waals surface area contributed by atoms with Crippen molar-refractivity contribution in [1.29, 1.82) is 0 Å². The van der Waals surface area contributed by atoms with E-state index in [0.29, 0.717) is 0 Å². The van der Waals surface area contributed by atoms with Crippen molar-refractivity contribution in [2.24, 2.45) is 0 Å². The average molecular weight is 405 g/mol. The van der Waals surface area contributed by atoms with E-state index in [-0.39, 0.29) is 18.1 Å². The Kier molecular flexibility index (Phi) is 6.02. The molecule has 1 amide bonds. The normalized spacial score (nSPS) is 19.7. The van der Waals surface area contributed by atoms with Gasteiger partial charge in [-0.15, -0.1) is 0 Å². The minimum atomic E-state index is -3.93. The molecule has 2 aromatic carbocycles. The summed E-state index contributed by atoms with van der Waals surface area (Å²) < 4.78 is 42.7. The number of ether oxygens (including phenoxy) is 3. The van der Waals surface area contributed by atoms with Crippen LogP contribution in [0, 0.1) is 0 Å². The molecule has 150 valence electrons. The second-order valence-electron chi connectivity index (χ2n) is 6.85. The SMILES string of the molecule is CC1(C)OC[C@H]([C@H](NC(=O)OCc2ccccc2)S(=O)(=O)c2ccccc2)O1. The van der Waals surface area contributed by atoms with Gasteiger partial charge in [0, 0.05) is 0 Å². The zero-order chi connectivity index (χ0) is 20.2. The van der Waals surface area contributed by atoms with Crippen molar-refractivity contribution in [3.05, 3.63) is 66.2 Å². The summed E-state index contributed by atoms with van der Waals surface area (Å²) in [6.45, 7) is 3.43. The molecule has 3 rings (SSSR count). The maximum atomic E-state index is 13.1. The van der Waals surface area contributed by atoms with Crippen LogP contribution in [0.4, 0.5) is 4.79 Å². The second kappa shape index (κ2) is 8.30. The number of hydrogen-bond acceptors (Lipinski definition) is 6. The fourth-order valence-corrected chi connectivity index (χ4v) is 4.49.